The number of hydrogen-bond acceptors (Lipinski definition) is 4. The Morgan fingerprint density at radius 3 is 2.61 bits per heavy atom. The summed E-state index contributed by atoms with van der Waals surface area (Å²) >= 11 is 1.94. The zero-order chi connectivity index (χ0) is 13.4. The average molecular weight is 274 g/mol. The molecule has 2 saturated heterocycles. The largest absolute Gasteiger partial charge is 0.390 e. The zero-order valence-electron chi connectivity index (χ0n) is 11.7. The molecule has 18 heavy (non-hydrogen) atoms. The minimum atomic E-state index is -0.660. The molecular weight excluding hydrogens is 248 g/mol. The molecule has 2 fully saturated rings. The van der Waals surface area contributed by atoms with Crippen molar-refractivity contribution in [2.45, 2.75) is 57.8 Å². The van der Waals surface area contributed by atoms with Crippen molar-refractivity contribution in [3.05, 3.63) is 0 Å². The van der Waals surface area contributed by atoms with Gasteiger partial charge in [0.1, 0.15) is 0 Å². The molecule has 0 aromatic rings. The lowest BCUT2D eigenvalue weighted by molar-refractivity contribution is -0.134. The van der Waals surface area contributed by atoms with Crippen molar-refractivity contribution in [2.24, 2.45) is 11.3 Å². The summed E-state index contributed by atoms with van der Waals surface area (Å²) in [4.78, 5) is 0. The van der Waals surface area contributed by atoms with E-state index in [1.54, 1.807) is 0 Å². The van der Waals surface area contributed by atoms with E-state index in [-0.39, 0.29) is 16.9 Å². The minimum Gasteiger partial charge on any atom is -0.390 e. The Morgan fingerprint density at radius 1 is 1.33 bits per heavy atom. The molecule has 2 aliphatic rings. The van der Waals surface area contributed by atoms with Crippen LogP contribution in [-0.4, -0.2) is 46.1 Å². The van der Waals surface area contributed by atoms with Crippen LogP contribution in [0.3, 0.4) is 0 Å². The molecule has 2 aliphatic heterocycles. The summed E-state index contributed by atoms with van der Waals surface area (Å²) in [5.74, 6) is 2.37. The van der Waals surface area contributed by atoms with Crippen LogP contribution in [0.1, 0.15) is 40.0 Å². The van der Waals surface area contributed by atoms with Crippen LogP contribution >= 0.6 is 11.8 Å². The van der Waals surface area contributed by atoms with Gasteiger partial charge >= 0.3 is 0 Å². The quantitative estimate of drug-likeness (QED) is 0.809. The van der Waals surface area contributed by atoms with E-state index in [1.807, 2.05) is 32.5 Å². The normalized spacial score (nSPS) is 36.8. The first-order chi connectivity index (χ1) is 8.34. The summed E-state index contributed by atoms with van der Waals surface area (Å²) in [6.45, 7) is 6.64. The van der Waals surface area contributed by atoms with Gasteiger partial charge < -0.3 is 14.9 Å². The number of aliphatic hydroxyl groups excluding tert-OH is 2. The molecule has 0 amide bonds. The summed E-state index contributed by atoms with van der Waals surface area (Å²) in [6.07, 6.45) is 1.56. The van der Waals surface area contributed by atoms with Gasteiger partial charge in [-0.05, 0) is 36.3 Å². The van der Waals surface area contributed by atoms with E-state index in [9.17, 15) is 10.2 Å². The predicted octanol–water partition coefficient (Wildman–Crippen LogP) is 2.06. The molecule has 0 aromatic heterocycles. The maximum absolute atomic E-state index is 10.4. The van der Waals surface area contributed by atoms with Crippen LogP contribution in [0.4, 0.5) is 0 Å². The van der Waals surface area contributed by atoms with Gasteiger partial charge in [-0.25, -0.2) is 0 Å². The van der Waals surface area contributed by atoms with Gasteiger partial charge in [0.15, 0.2) is 0 Å². The molecule has 3 nitrogen and oxygen atoms in total. The first-order valence-corrected chi connectivity index (χ1v) is 8.07. The molecule has 0 radical (unpaired) electrons. The summed E-state index contributed by atoms with van der Waals surface area (Å²) in [5, 5.41) is 20.7. The molecule has 0 aliphatic carbocycles. The van der Waals surface area contributed by atoms with Crippen molar-refractivity contribution in [3.8, 4) is 0 Å². The van der Waals surface area contributed by atoms with Gasteiger partial charge in [-0.1, -0.05) is 20.8 Å². The molecule has 2 rings (SSSR count). The van der Waals surface area contributed by atoms with Crippen LogP contribution in [0.15, 0.2) is 0 Å². The number of hydrogen-bond donors (Lipinski definition) is 2. The topological polar surface area (TPSA) is 49.7 Å². The van der Waals surface area contributed by atoms with E-state index in [1.165, 1.54) is 0 Å². The smallest absolute Gasteiger partial charge is 0.0849 e. The minimum absolute atomic E-state index is 0.0217. The standard InChI is InChI=1S/C14H26O3S/c1-13(2,3)12(16)11(15)10-4-6-17-14(8-10)5-7-18-9-14/h10-12,15-16H,4-9H2,1-3H3. The van der Waals surface area contributed by atoms with E-state index >= 15 is 0 Å². The predicted molar refractivity (Wildman–Crippen MR) is 74.8 cm³/mol. The van der Waals surface area contributed by atoms with Crippen molar-refractivity contribution in [3.63, 3.8) is 0 Å². The Labute approximate surface area is 114 Å². The van der Waals surface area contributed by atoms with Crippen LogP contribution in [-0.2, 0) is 4.74 Å². The second-order valence-corrected chi connectivity index (χ2v) is 7.99. The van der Waals surface area contributed by atoms with Crippen molar-refractivity contribution in [1.82, 2.24) is 0 Å². The van der Waals surface area contributed by atoms with Crippen LogP contribution in [0, 0.1) is 11.3 Å². The highest BCUT2D eigenvalue weighted by atomic mass is 32.2. The second-order valence-electron chi connectivity index (χ2n) is 6.89. The highest BCUT2D eigenvalue weighted by Gasteiger charge is 2.44. The summed E-state index contributed by atoms with van der Waals surface area (Å²) in [6, 6.07) is 0. The maximum atomic E-state index is 10.4. The van der Waals surface area contributed by atoms with Gasteiger partial charge in [0.05, 0.1) is 17.8 Å². The molecular formula is C14H26O3S. The summed E-state index contributed by atoms with van der Waals surface area (Å²) < 4.78 is 5.96. The van der Waals surface area contributed by atoms with Crippen molar-refractivity contribution in [2.75, 3.05) is 18.1 Å². The van der Waals surface area contributed by atoms with Crippen LogP contribution in [0.2, 0.25) is 0 Å². The Bertz CT molecular complexity index is 281. The van der Waals surface area contributed by atoms with E-state index in [4.69, 9.17) is 4.74 Å². The number of rotatable bonds is 2. The molecule has 1 spiro atoms. The molecule has 4 unspecified atom stereocenters. The third-order valence-electron chi connectivity index (χ3n) is 4.29. The van der Waals surface area contributed by atoms with Crippen LogP contribution in [0.25, 0.3) is 0 Å². The molecule has 4 heteroatoms. The Balaban J connectivity index is 2.00. The van der Waals surface area contributed by atoms with E-state index in [2.05, 4.69) is 0 Å². The van der Waals surface area contributed by atoms with Gasteiger partial charge in [-0.2, -0.15) is 11.8 Å². The molecule has 0 bridgehead atoms. The third kappa shape index (κ3) is 3.03. The van der Waals surface area contributed by atoms with Gasteiger partial charge in [-0.15, -0.1) is 0 Å². The summed E-state index contributed by atoms with van der Waals surface area (Å²) in [7, 11) is 0. The number of ether oxygens (including phenoxy) is 1. The maximum Gasteiger partial charge on any atom is 0.0849 e. The van der Waals surface area contributed by atoms with Crippen LogP contribution in [0.5, 0.6) is 0 Å². The second kappa shape index (κ2) is 5.31. The van der Waals surface area contributed by atoms with E-state index in [0.717, 1.165) is 37.4 Å². The molecule has 4 atom stereocenters. The fourth-order valence-electron chi connectivity index (χ4n) is 2.99. The van der Waals surface area contributed by atoms with Crippen molar-refractivity contribution >= 4 is 11.8 Å². The Kier molecular flexibility index (Phi) is 4.32. The molecule has 2 N–H and O–H groups in total. The third-order valence-corrected chi connectivity index (χ3v) is 5.52. The highest BCUT2D eigenvalue weighted by Crippen LogP contribution is 2.42. The SMILES string of the molecule is CC(C)(C)C(O)C(O)C1CCOC2(CCSC2)C1. The number of thioether (sulfide) groups is 1. The number of aliphatic hydroxyl groups is 2. The fraction of sp³-hybridized carbons (Fsp3) is 1.00. The monoisotopic (exact) mass is 274 g/mol. The van der Waals surface area contributed by atoms with Crippen molar-refractivity contribution in [1.29, 1.82) is 0 Å². The molecule has 0 aromatic carbocycles. The molecule has 106 valence electrons. The highest BCUT2D eigenvalue weighted by molar-refractivity contribution is 7.99. The molecule has 2 heterocycles. The van der Waals surface area contributed by atoms with E-state index in [0.29, 0.717) is 0 Å². The van der Waals surface area contributed by atoms with Gasteiger partial charge in [-0.3, -0.25) is 0 Å². The lowest BCUT2D eigenvalue weighted by Gasteiger charge is -2.42. The molecule has 0 saturated carbocycles. The van der Waals surface area contributed by atoms with Gasteiger partial charge in [0.25, 0.3) is 0 Å². The van der Waals surface area contributed by atoms with E-state index < -0.39 is 12.2 Å². The van der Waals surface area contributed by atoms with Crippen molar-refractivity contribution < 1.29 is 14.9 Å². The fourth-order valence-corrected chi connectivity index (χ4v) is 4.37. The van der Waals surface area contributed by atoms with Gasteiger partial charge in [0, 0.05) is 12.4 Å². The zero-order valence-corrected chi connectivity index (χ0v) is 12.5. The lowest BCUT2D eigenvalue weighted by Crippen LogP contribution is -2.49. The summed E-state index contributed by atoms with van der Waals surface area (Å²) in [5.41, 5.74) is -0.290. The Morgan fingerprint density at radius 2 is 2.06 bits per heavy atom. The lowest BCUT2D eigenvalue weighted by atomic mass is 9.75. The van der Waals surface area contributed by atoms with Crippen LogP contribution < -0.4 is 0 Å². The van der Waals surface area contributed by atoms with Gasteiger partial charge in [0.2, 0.25) is 0 Å². The first-order valence-electron chi connectivity index (χ1n) is 6.92. The first kappa shape index (κ1) is 14.6. The average Bonchev–Trinajstić information content (AvgIpc) is 2.74. The Hall–Kier alpha value is 0.230.